The summed E-state index contributed by atoms with van der Waals surface area (Å²) in [7, 11) is 0. The number of rotatable bonds is 2. The van der Waals surface area contributed by atoms with Crippen LogP contribution in [0.3, 0.4) is 0 Å². The standard InChI is InChI=1S/C15H30/c1-12(14(2,3)4)15(5,6)13-10-8-7-9-11-13/h12-13H,7-11H2,1-6H3. The molecule has 1 saturated carbocycles. The average molecular weight is 210 g/mol. The zero-order chi connectivity index (χ0) is 11.7. The lowest BCUT2D eigenvalue weighted by Gasteiger charge is -2.47. The average Bonchev–Trinajstić information content (AvgIpc) is 2.16. The summed E-state index contributed by atoms with van der Waals surface area (Å²) in [6.45, 7) is 14.6. The smallest absolute Gasteiger partial charge is 0.0295 e. The monoisotopic (exact) mass is 210 g/mol. The van der Waals surface area contributed by atoms with Crippen molar-refractivity contribution < 1.29 is 0 Å². The van der Waals surface area contributed by atoms with Crippen molar-refractivity contribution >= 4 is 0 Å². The van der Waals surface area contributed by atoms with Gasteiger partial charge in [0.1, 0.15) is 0 Å². The van der Waals surface area contributed by atoms with E-state index in [1.807, 2.05) is 0 Å². The molecule has 15 heavy (non-hydrogen) atoms. The fourth-order valence-corrected chi connectivity index (χ4v) is 3.32. The molecule has 0 amide bonds. The highest BCUT2D eigenvalue weighted by molar-refractivity contribution is 4.89. The van der Waals surface area contributed by atoms with Gasteiger partial charge in [0.25, 0.3) is 0 Å². The Morgan fingerprint density at radius 1 is 0.867 bits per heavy atom. The molecule has 1 fully saturated rings. The van der Waals surface area contributed by atoms with Crippen molar-refractivity contribution in [2.45, 2.75) is 73.6 Å². The third-order valence-corrected chi connectivity index (χ3v) is 5.07. The molecule has 0 nitrogen and oxygen atoms in total. The maximum atomic E-state index is 2.50. The van der Waals surface area contributed by atoms with E-state index >= 15 is 0 Å². The Kier molecular flexibility index (Phi) is 3.90. The minimum absolute atomic E-state index is 0.445. The van der Waals surface area contributed by atoms with Crippen LogP contribution in [0.15, 0.2) is 0 Å². The highest BCUT2D eigenvalue weighted by Gasteiger charge is 2.40. The van der Waals surface area contributed by atoms with Gasteiger partial charge in [-0.2, -0.15) is 0 Å². The lowest BCUT2D eigenvalue weighted by molar-refractivity contribution is 0.0269. The Labute approximate surface area is 96.8 Å². The molecule has 0 aromatic heterocycles. The fraction of sp³-hybridized carbons (Fsp3) is 1.00. The molecule has 0 aromatic carbocycles. The molecule has 1 atom stereocenters. The Bertz CT molecular complexity index is 189. The van der Waals surface area contributed by atoms with Gasteiger partial charge in [0.15, 0.2) is 0 Å². The van der Waals surface area contributed by atoms with E-state index in [9.17, 15) is 0 Å². The summed E-state index contributed by atoms with van der Waals surface area (Å²) in [5.74, 6) is 1.76. The minimum atomic E-state index is 0.445. The second-order valence-corrected chi connectivity index (χ2v) is 7.24. The van der Waals surface area contributed by atoms with Crippen molar-refractivity contribution in [1.29, 1.82) is 0 Å². The lowest BCUT2D eigenvalue weighted by Crippen LogP contribution is -2.38. The van der Waals surface area contributed by atoms with Gasteiger partial charge in [-0.15, -0.1) is 0 Å². The van der Waals surface area contributed by atoms with Gasteiger partial charge in [0.2, 0.25) is 0 Å². The molecule has 0 radical (unpaired) electrons. The zero-order valence-electron chi connectivity index (χ0n) is 11.7. The summed E-state index contributed by atoms with van der Waals surface area (Å²) in [5.41, 5.74) is 0.958. The molecule has 0 aromatic rings. The lowest BCUT2D eigenvalue weighted by atomic mass is 9.58. The second kappa shape index (κ2) is 4.47. The van der Waals surface area contributed by atoms with Crippen LogP contribution in [0.25, 0.3) is 0 Å². The van der Waals surface area contributed by atoms with E-state index in [4.69, 9.17) is 0 Å². The van der Waals surface area contributed by atoms with E-state index in [1.165, 1.54) is 32.1 Å². The van der Waals surface area contributed by atoms with Gasteiger partial charge < -0.3 is 0 Å². The molecular formula is C15H30. The van der Waals surface area contributed by atoms with Crippen LogP contribution in [0.2, 0.25) is 0 Å². The first-order chi connectivity index (χ1) is 6.76. The minimum Gasteiger partial charge on any atom is -0.0615 e. The summed E-state index contributed by atoms with van der Waals surface area (Å²) in [5, 5.41) is 0. The van der Waals surface area contributed by atoms with Crippen molar-refractivity contribution in [2.24, 2.45) is 22.7 Å². The maximum Gasteiger partial charge on any atom is -0.0295 e. The van der Waals surface area contributed by atoms with Crippen LogP contribution in [0.1, 0.15) is 73.6 Å². The van der Waals surface area contributed by atoms with Gasteiger partial charge in [-0.05, 0) is 35.5 Å². The first-order valence-electron chi connectivity index (χ1n) is 6.76. The molecule has 0 spiro atoms. The predicted molar refractivity (Wildman–Crippen MR) is 69.0 cm³/mol. The molecular weight excluding hydrogens is 180 g/mol. The van der Waals surface area contributed by atoms with Crippen LogP contribution >= 0.6 is 0 Å². The molecule has 0 aliphatic heterocycles. The van der Waals surface area contributed by atoms with Gasteiger partial charge in [-0.25, -0.2) is 0 Å². The summed E-state index contributed by atoms with van der Waals surface area (Å²) in [6.07, 6.45) is 7.33. The largest absolute Gasteiger partial charge is 0.0615 e. The van der Waals surface area contributed by atoms with E-state index in [-0.39, 0.29) is 0 Å². The van der Waals surface area contributed by atoms with E-state index < -0.39 is 0 Å². The molecule has 0 heteroatoms. The van der Waals surface area contributed by atoms with Gasteiger partial charge >= 0.3 is 0 Å². The summed E-state index contributed by atoms with van der Waals surface area (Å²) in [4.78, 5) is 0. The Morgan fingerprint density at radius 2 is 1.33 bits per heavy atom. The van der Waals surface area contributed by atoms with Crippen molar-refractivity contribution in [1.82, 2.24) is 0 Å². The van der Waals surface area contributed by atoms with Crippen LogP contribution in [-0.2, 0) is 0 Å². The van der Waals surface area contributed by atoms with Crippen molar-refractivity contribution in [3.63, 3.8) is 0 Å². The third-order valence-electron chi connectivity index (χ3n) is 5.07. The first-order valence-corrected chi connectivity index (χ1v) is 6.76. The van der Waals surface area contributed by atoms with Crippen LogP contribution in [0, 0.1) is 22.7 Å². The Balaban J connectivity index is 2.71. The summed E-state index contributed by atoms with van der Waals surface area (Å²) >= 11 is 0. The van der Waals surface area contributed by atoms with Gasteiger partial charge in [-0.1, -0.05) is 60.8 Å². The number of hydrogen-bond acceptors (Lipinski definition) is 0. The molecule has 1 aliphatic rings. The molecule has 0 bridgehead atoms. The van der Waals surface area contributed by atoms with Crippen LogP contribution in [0.5, 0.6) is 0 Å². The third kappa shape index (κ3) is 2.98. The molecule has 1 aliphatic carbocycles. The van der Waals surface area contributed by atoms with Gasteiger partial charge in [-0.3, -0.25) is 0 Å². The second-order valence-electron chi connectivity index (χ2n) is 7.24. The van der Waals surface area contributed by atoms with E-state index in [0.29, 0.717) is 10.8 Å². The van der Waals surface area contributed by atoms with Gasteiger partial charge in [0, 0.05) is 0 Å². The topological polar surface area (TPSA) is 0 Å². The van der Waals surface area contributed by atoms with Crippen LogP contribution in [0.4, 0.5) is 0 Å². The molecule has 1 unspecified atom stereocenters. The molecule has 0 N–H and O–H groups in total. The molecule has 1 rings (SSSR count). The highest BCUT2D eigenvalue weighted by Crippen LogP contribution is 2.49. The first kappa shape index (κ1) is 13.1. The summed E-state index contributed by atoms with van der Waals surface area (Å²) < 4.78 is 0. The van der Waals surface area contributed by atoms with E-state index in [0.717, 1.165) is 11.8 Å². The van der Waals surface area contributed by atoms with Gasteiger partial charge in [0.05, 0.1) is 0 Å². The SMILES string of the molecule is CC(C(C)(C)C)C(C)(C)C1CCCCC1. The van der Waals surface area contributed by atoms with E-state index in [2.05, 4.69) is 41.5 Å². The van der Waals surface area contributed by atoms with Crippen LogP contribution < -0.4 is 0 Å². The molecule has 0 saturated heterocycles. The molecule has 90 valence electrons. The Hall–Kier alpha value is 0. The number of hydrogen-bond donors (Lipinski definition) is 0. The normalized spacial score (nSPS) is 22.8. The molecule has 0 heterocycles. The van der Waals surface area contributed by atoms with Crippen molar-refractivity contribution in [3.8, 4) is 0 Å². The quantitative estimate of drug-likeness (QED) is 0.582. The fourth-order valence-electron chi connectivity index (χ4n) is 3.32. The van der Waals surface area contributed by atoms with Crippen LogP contribution in [-0.4, -0.2) is 0 Å². The summed E-state index contributed by atoms with van der Waals surface area (Å²) in [6, 6.07) is 0. The maximum absolute atomic E-state index is 2.50. The van der Waals surface area contributed by atoms with E-state index in [1.54, 1.807) is 0 Å². The van der Waals surface area contributed by atoms with Crippen molar-refractivity contribution in [3.05, 3.63) is 0 Å². The zero-order valence-corrected chi connectivity index (χ0v) is 11.7. The predicted octanol–water partition coefficient (Wildman–Crippen LogP) is 5.28. The highest BCUT2D eigenvalue weighted by atomic mass is 14.4. The Morgan fingerprint density at radius 3 is 1.73 bits per heavy atom. The van der Waals surface area contributed by atoms with Crippen molar-refractivity contribution in [2.75, 3.05) is 0 Å².